The van der Waals surface area contributed by atoms with Crippen molar-refractivity contribution in [1.29, 1.82) is 0 Å². The maximum atomic E-state index is 4.51. The van der Waals surface area contributed by atoms with Gasteiger partial charge in [0.15, 0.2) is 0 Å². The van der Waals surface area contributed by atoms with Crippen LogP contribution in [0.4, 0.5) is 0 Å². The van der Waals surface area contributed by atoms with E-state index in [-0.39, 0.29) is 0 Å². The lowest BCUT2D eigenvalue weighted by Gasteiger charge is -2.20. The lowest BCUT2D eigenvalue weighted by Crippen LogP contribution is -2.09. The highest BCUT2D eigenvalue weighted by Gasteiger charge is 2.38. The van der Waals surface area contributed by atoms with E-state index < -0.39 is 0 Å². The molecule has 0 bridgehead atoms. The largest absolute Gasteiger partial charge is 0.294 e. The first-order valence-corrected chi connectivity index (χ1v) is 5.45. The fraction of sp³-hybridized carbons (Fsp3) is 0.909. The van der Waals surface area contributed by atoms with E-state index in [2.05, 4.69) is 11.9 Å². The molecule has 0 aromatic carbocycles. The van der Waals surface area contributed by atoms with E-state index in [1.165, 1.54) is 44.2 Å². The second kappa shape index (κ2) is 3.59. The summed E-state index contributed by atoms with van der Waals surface area (Å²) in [6.45, 7) is 3.14. The molecule has 12 heavy (non-hydrogen) atoms. The molecule has 0 saturated heterocycles. The van der Waals surface area contributed by atoms with E-state index in [1.54, 1.807) is 0 Å². The third-order valence-corrected chi connectivity index (χ3v) is 3.28. The molecule has 0 heterocycles. The lowest BCUT2D eigenvalue weighted by atomic mass is 9.86. The van der Waals surface area contributed by atoms with Gasteiger partial charge < -0.3 is 0 Å². The van der Waals surface area contributed by atoms with Crippen LogP contribution in [-0.2, 0) is 0 Å². The van der Waals surface area contributed by atoms with Crippen LogP contribution >= 0.6 is 0 Å². The Kier molecular flexibility index (Phi) is 2.48. The van der Waals surface area contributed by atoms with Gasteiger partial charge in [0.2, 0.25) is 0 Å². The van der Waals surface area contributed by atoms with Gasteiger partial charge in [0, 0.05) is 18.2 Å². The molecular weight excluding hydrogens is 146 g/mol. The molecule has 1 atom stereocenters. The second-order valence-electron chi connectivity index (χ2n) is 4.17. The van der Waals surface area contributed by atoms with E-state index in [9.17, 15) is 0 Å². The Balaban J connectivity index is 1.83. The summed E-state index contributed by atoms with van der Waals surface area (Å²) in [6.07, 6.45) is 8.71. The highest BCUT2D eigenvalue weighted by atomic mass is 14.8. The van der Waals surface area contributed by atoms with Gasteiger partial charge in [-0.05, 0) is 32.1 Å². The SMILES string of the molecule is CCN=C1CC1C1CCCCC1. The average Bonchev–Trinajstić information content (AvgIpc) is 2.87. The van der Waals surface area contributed by atoms with Crippen molar-refractivity contribution in [2.45, 2.75) is 45.4 Å². The van der Waals surface area contributed by atoms with Crippen molar-refractivity contribution in [2.24, 2.45) is 16.8 Å². The Morgan fingerprint density at radius 1 is 1.25 bits per heavy atom. The molecule has 2 aliphatic rings. The van der Waals surface area contributed by atoms with Gasteiger partial charge in [-0.3, -0.25) is 4.99 Å². The Hall–Kier alpha value is -0.330. The van der Waals surface area contributed by atoms with Crippen LogP contribution in [0.2, 0.25) is 0 Å². The molecule has 1 nitrogen and oxygen atoms in total. The number of nitrogens with zero attached hydrogens (tertiary/aromatic N) is 1. The summed E-state index contributed by atoms with van der Waals surface area (Å²) in [4.78, 5) is 4.51. The van der Waals surface area contributed by atoms with Crippen LogP contribution in [0.15, 0.2) is 4.99 Å². The molecule has 2 saturated carbocycles. The van der Waals surface area contributed by atoms with E-state index in [1.807, 2.05) is 0 Å². The van der Waals surface area contributed by atoms with E-state index in [0.29, 0.717) is 0 Å². The molecule has 1 unspecified atom stereocenters. The van der Waals surface area contributed by atoms with E-state index >= 15 is 0 Å². The minimum atomic E-state index is 0.922. The molecule has 68 valence electrons. The molecule has 2 aliphatic carbocycles. The van der Waals surface area contributed by atoms with Crippen molar-refractivity contribution >= 4 is 5.71 Å². The fourth-order valence-electron chi connectivity index (χ4n) is 2.53. The van der Waals surface area contributed by atoms with Gasteiger partial charge in [-0.15, -0.1) is 0 Å². The van der Waals surface area contributed by atoms with Crippen molar-refractivity contribution in [1.82, 2.24) is 0 Å². The van der Waals surface area contributed by atoms with Crippen molar-refractivity contribution in [3.63, 3.8) is 0 Å². The Morgan fingerprint density at radius 3 is 2.67 bits per heavy atom. The molecule has 0 amide bonds. The number of aliphatic imine (C=N–C) groups is 1. The summed E-state index contributed by atoms with van der Waals surface area (Å²) in [5.41, 5.74) is 1.53. The van der Waals surface area contributed by atoms with Gasteiger partial charge in [-0.25, -0.2) is 0 Å². The molecule has 0 N–H and O–H groups in total. The predicted molar refractivity (Wildman–Crippen MR) is 52.7 cm³/mol. The van der Waals surface area contributed by atoms with Gasteiger partial charge in [0.25, 0.3) is 0 Å². The minimum absolute atomic E-state index is 0.922. The molecule has 0 aliphatic heterocycles. The van der Waals surface area contributed by atoms with Crippen molar-refractivity contribution in [3.8, 4) is 0 Å². The summed E-state index contributed by atoms with van der Waals surface area (Å²) in [6, 6.07) is 0. The minimum Gasteiger partial charge on any atom is -0.294 e. The van der Waals surface area contributed by atoms with Gasteiger partial charge in [0.05, 0.1) is 0 Å². The summed E-state index contributed by atoms with van der Waals surface area (Å²) < 4.78 is 0. The standard InChI is InChI=1S/C11H19N/c1-2-12-11-8-10(11)9-6-4-3-5-7-9/h9-10H,2-8H2,1H3. The fourth-order valence-corrected chi connectivity index (χ4v) is 2.53. The van der Waals surface area contributed by atoms with Crippen LogP contribution < -0.4 is 0 Å². The monoisotopic (exact) mass is 165 g/mol. The highest BCUT2D eigenvalue weighted by Crippen LogP contribution is 2.41. The lowest BCUT2D eigenvalue weighted by molar-refractivity contribution is 0.334. The van der Waals surface area contributed by atoms with Crippen molar-refractivity contribution < 1.29 is 0 Å². The van der Waals surface area contributed by atoms with Gasteiger partial charge in [0.1, 0.15) is 0 Å². The van der Waals surface area contributed by atoms with Gasteiger partial charge in [-0.2, -0.15) is 0 Å². The Morgan fingerprint density at radius 2 is 2.00 bits per heavy atom. The first-order valence-electron chi connectivity index (χ1n) is 5.45. The topological polar surface area (TPSA) is 12.4 Å². The van der Waals surface area contributed by atoms with Crippen LogP contribution in [0, 0.1) is 11.8 Å². The molecule has 0 aromatic heterocycles. The number of hydrogen-bond acceptors (Lipinski definition) is 1. The summed E-state index contributed by atoms with van der Waals surface area (Å²) in [7, 11) is 0. The third-order valence-electron chi connectivity index (χ3n) is 3.28. The third kappa shape index (κ3) is 1.70. The second-order valence-corrected chi connectivity index (χ2v) is 4.17. The van der Waals surface area contributed by atoms with Crippen molar-refractivity contribution in [2.75, 3.05) is 6.54 Å². The van der Waals surface area contributed by atoms with E-state index in [4.69, 9.17) is 0 Å². The smallest absolute Gasteiger partial charge is 0.0360 e. The maximum Gasteiger partial charge on any atom is 0.0360 e. The summed E-state index contributed by atoms with van der Waals surface area (Å²) in [5, 5.41) is 0. The maximum absolute atomic E-state index is 4.51. The van der Waals surface area contributed by atoms with Crippen LogP contribution in [0.1, 0.15) is 45.4 Å². The zero-order chi connectivity index (χ0) is 8.39. The van der Waals surface area contributed by atoms with Crippen LogP contribution in [0.3, 0.4) is 0 Å². The Labute approximate surface area is 75.3 Å². The summed E-state index contributed by atoms with van der Waals surface area (Å²) >= 11 is 0. The molecule has 2 rings (SSSR count). The molecule has 2 fully saturated rings. The zero-order valence-electron chi connectivity index (χ0n) is 8.05. The quantitative estimate of drug-likeness (QED) is 0.596. The zero-order valence-corrected chi connectivity index (χ0v) is 8.05. The van der Waals surface area contributed by atoms with Gasteiger partial charge >= 0.3 is 0 Å². The Bertz CT molecular complexity index is 177. The van der Waals surface area contributed by atoms with Crippen LogP contribution in [0.25, 0.3) is 0 Å². The summed E-state index contributed by atoms with van der Waals surface area (Å²) in [5.74, 6) is 1.94. The normalized spacial score (nSPS) is 34.1. The van der Waals surface area contributed by atoms with Gasteiger partial charge in [-0.1, -0.05) is 19.3 Å². The molecule has 0 radical (unpaired) electrons. The van der Waals surface area contributed by atoms with Crippen molar-refractivity contribution in [3.05, 3.63) is 0 Å². The van der Waals surface area contributed by atoms with Crippen LogP contribution in [0.5, 0.6) is 0 Å². The average molecular weight is 165 g/mol. The molecule has 0 spiro atoms. The molecule has 1 heteroatoms. The molecule has 0 aromatic rings. The highest BCUT2D eigenvalue weighted by molar-refractivity contribution is 6.01. The molecular formula is C11H19N. The van der Waals surface area contributed by atoms with E-state index in [0.717, 1.165) is 18.4 Å². The first kappa shape index (κ1) is 8.28. The number of hydrogen-bond donors (Lipinski definition) is 0. The number of rotatable bonds is 2. The van der Waals surface area contributed by atoms with Crippen LogP contribution in [-0.4, -0.2) is 12.3 Å². The first-order chi connectivity index (χ1) is 5.92. The predicted octanol–water partition coefficient (Wildman–Crippen LogP) is 3.05.